The summed E-state index contributed by atoms with van der Waals surface area (Å²) in [4.78, 5) is 0. The van der Waals surface area contributed by atoms with Crippen molar-refractivity contribution >= 4 is 0 Å². The van der Waals surface area contributed by atoms with Crippen molar-refractivity contribution in [3.8, 4) is 11.1 Å². The fourth-order valence-electron chi connectivity index (χ4n) is 1.80. The second kappa shape index (κ2) is 7.43. The third-order valence-corrected chi connectivity index (χ3v) is 2.74. The van der Waals surface area contributed by atoms with Crippen LogP contribution in [0.25, 0.3) is 11.1 Å². The lowest BCUT2D eigenvalue weighted by Gasteiger charge is -2.00. The predicted molar refractivity (Wildman–Crippen MR) is 67.0 cm³/mol. The van der Waals surface area contributed by atoms with Crippen LogP contribution in [-0.4, -0.2) is 0 Å². The molecule has 0 radical (unpaired) electrons. The third kappa shape index (κ3) is 4.11. The minimum atomic E-state index is 0. The summed E-state index contributed by atoms with van der Waals surface area (Å²) < 4.78 is 2.27. The number of rotatable bonds is 4. The fraction of sp³-hybridized carbons (Fsp3) is 0.267. The molecular formula is C15H18IN. The molecule has 0 saturated carbocycles. The standard InChI is InChI=1S/C15H18N.HI/c1-2-3-11-16-12-7-10-15(13-16)14-8-5-4-6-9-14;/h4-10,12-13H,2-3,11H2,1H3;1H/q+1;/p-1. The lowest BCUT2D eigenvalue weighted by Crippen LogP contribution is -3.00. The van der Waals surface area contributed by atoms with Crippen LogP contribution in [0.1, 0.15) is 19.8 Å². The Balaban J connectivity index is 0.00000144. The molecule has 0 N–H and O–H groups in total. The second-order valence-corrected chi connectivity index (χ2v) is 4.05. The number of hydrogen-bond acceptors (Lipinski definition) is 0. The molecule has 0 aliphatic heterocycles. The summed E-state index contributed by atoms with van der Waals surface area (Å²) in [6.07, 6.45) is 6.85. The molecule has 2 rings (SSSR count). The molecule has 0 amide bonds. The van der Waals surface area contributed by atoms with Crippen molar-refractivity contribution in [2.75, 3.05) is 0 Å². The van der Waals surface area contributed by atoms with E-state index in [4.69, 9.17) is 0 Å². The maximum atomic E-state index is 2.27. The molecule has 17 heavy (non-hydrogen) atoms. The molecule has 0 fully saturated rings. The van der Waals surface area contributed by atoms with Crippen molar-refractivity contribution in [2.45, 2.75) is 26.3 Å². The molecule has 1 aromatic heterocycles. The van der Waals surface area contributed by atoms with E-state index in [1.54, 1.807) is 0 Å². The monoisotopic (exact) mass is 339 g/mol. The Labute approximate surface area is 121 Å². The van der Waals surface area contributed by atoms with E-state index in [-0.39, 0.29) is 24.0 Å². The van der Waals surface area contributed by atoms with Gasteiger partial charge in [0.05, 0.1) is 0 Å². The van der Waals surface area contributed by atoms with Gasteiger partial charge < -0.3 is 24.0 Å². The summed E-state index contributed by atoms with van der Waals surface area (Å²) in [5, 5.41) is 0. The fourth-order valence-corrected chi connectivity index (χ4v) is 1.80. The molecule has 0 saturated heterocycles. The lowest BCUT2D eigenvalue weighted by atomic mass is 10.1. The third-order valence-electron chi connectivity index (χ3n) is 2.74. The van der Waals surface area contributed by atoms with Crippen molar-refractivity contribution in [2.24, 2.45) is 0 Å². The van der Waals surface area contributed by atoms with Crippen molar-refractivity contribution in [1.82, 2.24) is 0 Å². The molecule has 90 valence electrons. The van der Waals surface area contributed by atoms with E-state index in [0.717, 1.165) is 6.54 Å². The van der Waals surface area contributed by atoms with Crippen LogP contribution in [0, 0.1) is 0 Å². The maximum Gasteiger partial charge on any atom is 0.176 e. The highest BCUT2D eigenvalue weighted by Crippen LogP contribution is 2.15. The number of benzene rings is 1. The van der Waals surface area contributed by atoms with E-state index in [9.17, 15) is 0 Å². The molecule has 1 aromatic carbocycles. The number of nitrogens with zero attached hydrogens (tertiary/aromatic N) is 1. The van der Waals surface area contributed by atoms with Crippen LogP contribution in [0.15, 0.2) is 54.9 Å². The zero-order valence-corrected chi connectivity index (χ0v) is 12.3. The van der Waals surface area contributed by atoms with Gasteiger partial charge in [0.25, 0.3) is 0 Å². The summed E-state index contributed by atoms with van der Waals surface area (Å²) in [5.41, 5.74) is 2.58. The van der Waals surface area contributed by atoms with Crippen molar-refractivity contribution in [1.29, 1.82) is 0 Å². The molecule has 0 spiro atoms. The van der Waals surface area contributed by atoms with Gasteiger partial charge in [0.15, 0.2) is 12.4 Å². The molecule has 0 aliphatic rings. The summed E-state index contributed by atoms with van der Waals surface area (Å²) in [6.45, 7) is 3.33. The Morgan fingerprint density at radius 3 is 2.35 bits per heavy atom. The van der Waals surface area contributed by atoms with Crippen LogP contribution in [-0.2, 0) is 6.54 Å². The quantitative estimate of drug-likeness (QED) is 0.563. The number of halogens is 1. The predicted octanol–water partition coefficient (Wildman–Crippen LogP) is 0.445. The van der Waals surface area contributed by atoms with Gasteiger partial charge in [-0.1, -0.05) is 43.7 Å². The summed E-state index contributed by atoms with van der Waals surface area (Å²) in [6, 6.07) is 14.8. The Hall–Kier alpha value is -0.900. The van der Waals surface area contributed by atoms with Gasteiger partial charge in [-0.3, -0.25) is 0 Å². The summed E-state index contributed by atoms with van der Waals surface area (Å²) >= 11 is 0. The van der Waals surface area contributed by atoms with Gasteiger partial charge in [0, 0.05) is 18.1 Å². The molecule has 0 aliphatic carbocycles. The first-order valence-corrected chi connectivity index (χ1v) is 5.94. The van der Waals surface area contributed by atoms with Gasteiger partial charge in [0.1, 0.15) is 6.54 Å². The van der Waals surface area contributed by atoms with E-state index in [0.29, 0.717) is 0 Å². The van der Waals surface area contributed by atoms with Gasteiger partial charge in [0.2, 0.25) is 0 Å². The molecule has 0 unspecified atom stereocenters. The van der Waals surface area contributed by atoms with Crippen molar-refractivity contribution in [3.05, 3.63) is 54.9 Å². The largest absolute Gasteiger partial charge is 1.00 e. The first-order chi connectivity index (χ1) is 7.90. The SMILES string of the molecule is CCCC[n+]1cccc(-c2ccccc2)c1.[I-]. The number of hydrogen-bond donors (Lipinski definition) is 0. The number of aryl methyl sites for hydroxylation is 1. The molecular weight excluding hydrogens is 321 g/mol. The average Bonchev–Trinajstić information content (AvgIpc) is 2.38. The van der Waals surface area contributed by atoms with E-state index in [2.05, 4.69) is 66.3 Å². The zero-order chi connectivity index (χ0) is 11.2. The van der Waals surface area contributed by atoms with E-state index in [1.807, 2.05) is 0 Å². The van der Waals surface area contributed by atoms with Gasteiger partial charge >= 0.3 is 0 Å². The highest BCUT2D eigenvalue weighted by molar-refractivity contribution is 5.61. The van der Waals surface area contributed by atoms with Crippen LogP contribution in [0.2, 0.25) is 0 Å². The Bertz CT molecular complexity index is 440. The van der Waals surface area contributed by atoms with Crippen LogP contribution >= 0.6 is 0 Å². The van der Waals surface area contributed by atoms with E-state index in [1.165, 1.54) is 24.0 Å². The molecule has 1 heterocycles. The summed E-state index contributed by atoms with van der Waals surface area (Å²) in [5.74, 6) is 0. The molecule has 2 aromatic rings. The Morgan fingerprint density at radius 1 is 0.941 bits per heavy atom. The van der Waals surface area contributed by atoms with E-state index >= 15 is 0 Å². The molecule has 1 nitrogen and oxygen atoms in total. The van der Waals surface area contributed by atoms with Gasteiger partial charge in [-0.05, 0) is 11.6 Å². The van der Waals surface area contributed by atoms with Crippen LogP contribution in [0.5, 0.6) is 0 Å². The second-order valence-electron chi connectivity index (χ2n) is 4.05. The number of aromatic nitrogens is 1. The van der Waals surface area contributed by atoms with Gasteiger partial charge in [-0.15, -0.1) is 0 Å². The molecule has 0 bridgehead atoms. The number of pyridine rings is 1. The Morgan fingerprint density at radius 2 is 1.65 bits per heavy atom. The van der Waals surface area contributed by atoms with Crippen LogP contribution < -0.4 is 28.5 Å². The first kappa shape index (κ1) is 14.2. The molecule has 2 heteroatoms. The highest BCUT2D eigenvalue weighted by atomic mass is 127. The zero-order valence-electron chi connectivity index (χ0n) is 10.1. The summed E-state index contributed by atoms with van der Waals surface area (Å²) in [7, 11) is 0. The Kier molecular flexibility index (Phi) is 6.19. The minimum absolute atomic E-state index is 0. The average molecular weight is 339 g/mol. The maximum absolute atomic E-state index is 2.27. The lowest BCUT2D eigenvalue weighted by molar-refractivity contribution is -0.696. The normalized spacial score (nSPS) is 9.71. The van der Waals surface area contributed by atoms with Crippen molar-refractivity contribution < 1.29 is 28.5 Å². The minimum Gasteiger partial charge on any atom is -1.00 e. The van der Waals surface area contributed by atoms with Crippen LogP contribution in [0.4, 0.5) is 0 Å². The topological polar surface area (TPSA) is 3.88 Å². The van der Waals surface area contributed by atoms with Gasteiger partial charge in [-0.2, -0.15) is 0 Å². The molecule has 0 atom stereocenters. The van der Waals surface area contributed by atoms with Gasteiger partial charge in [-0.25, -0.2) is 4.57 Å². The smallest absolute Gasteiger partial charge is 0.176 e. The van der Waals surface area contributed by atoms with E-state index < -0.39 is 0 Å². The highest BCUT2D eigenvalue weighted by Gasteiger charge is 2.03. The van der Waals surface area contributed by atoms with Crippen LogP contribution in [0.3, 0.4) is 0 Å². The van der Waals surface area contributed by atoms with Crippen molar-refractivity contribution in [3.63, 3.8) is 0 Å². The first-order valence-electron chi connectivity index (χ1n) is 5.94. The number of unbranched alkanes of at least 4 members (excludes halogenated alkanes) is 1.